The van der Waals surface area contributed by atoms with E-state index in [0.29, 0.717) is 30.8 Å². The molecule has 0 saturated carbocycles. The molecule has 27 heavy (non-hydrogen) atoms. The van der Waals surface area contributed by atoms with Crippen LogP contribution in [0.1, 0.15) is 33.3 Å². The first-order chi connectivity index (χ1) is 13.1. The molecule has 1 aliphatic heterocycles. The Labute approximate surface area is 158 Å². The van der Waals surface area contributed by atoms with Gasteiger partial charge in [0.2, 0.25) is 0 Å². The first-order valence-corrected chi connectivity index (χ1v) is 9.06. The Morgan fingerprint density at radius 2 is 1.70 bits per heavy atom. The van der Waals surface area contributed by atoms with Crippen molar-refractivity contribution < 1.29 is 14.3 Å². The highest BCUT2D eigenvalue weighted by atomic mass is 16.5. The summed E-state index contributed by atoms with van der Waals surface area (Å²) in [7, 11) is 1.64. The van der Waals surface area contributed by atoms with Gasteiger partial charge in [-0.15, -0.1) is 0 Å². The van der Waals surface area contributed by atoms with Gasteiger partial charge in [-0.25, -0.2) is 0 Å². The summed E-state index contributed by atoms with van der Waals surface area (Å²) < 4.78 is 5.24. The van der Waals surface area contributed by atoms with E-state index < -0.39 is 12.1 Å². The summed E-state index contributed by atoms with van der Waals surface area (Å²) in [5, 5.41) is 0. The number of rotatable bonds is 5. The summed E-state index contributed by atoms with van der Waals surface area (Å²) in [5.41, 5.74) is 1.80. The molecular formula is C20H22N4O3. The number of carbonyl (C=O) groups is 2. The average Bonchev–Trinajstić information content (AvgIpc) is 2.97. The molecule has 0 amide bonds. The lowest BCUT2D eigenvalue weighted by Gasteiger charge is -2.31. The number of Topliss-reactive ketones (excluding diaryl/α,β-unsaturated/α-hetero) is 2. The number of nitrogens with zero attached hydrogens (tertiary/aromatic N) is 4. The molecular weight excluding hydrogens is 344 g/mol. The summed E-state index contributed by atoms with van der Waals surface area (Å²) in [6, 6.07) is 6.07. The quantitative estimate of drug-likeness (QED) is 0.792. The maximum Gasteiger partial charge on any atom is 0.182 e. The van der Waals surface area contributed by atoms with E-state index in [4.69, 9.17) is 4.74 Å². The maximum atomic E-state index is 13.3. The minimum Gasteiger partial charge on any atom is -0.383 e. The number of benzene rings is 1. The van der Waals surface area contributed by atoms with Gasteiger partial charge in [-0.3, -0.25) is 29.4 Å². The summed E-state index contributed by atoms with van der Waals surface area (Å²) >= 11 is 0. The molecule has 2 heterocycles. The minimum absolute atomic E-state index is 0.000186. The van der Waals surface area contributed by atoms with Gasteiger partial charge in [0.25, 0.3) is 0 Å². The highest BCUT2D eigenvalue weighted by molar-refractivity contribution is 6.19. The normalized spacial score (nSPS) is 25.5. The molecule has 3 atom stereocenters. The van der Waals surface area contributed by atoms with Gasteiger partial charge in [0, 0.05) is 49.9 Å². The number of hydrogen-bond donors (Lipinski definition) is 0. The molecule has 1 aliphatic carbocycles. The zero-order valence-corrected chi connectivity index (χ0v) is 15.4. The van der Waals surface area contributed by atoms with E-state index >= 15 is 0 Å². The molecule has 0 spiro atoms. The lowest BCUT2D eigenvalue weighted by Crippen LogP contribution is -2.52. The summed E-state index contributed by atoms with van der Waals surface area (Å²) in [6.07, 6.45) is 4.86. The van der Waals surface area contributed by atoms with Gasteiger partial charge in [0.15, 0.2) is 11.6 Å². The van der Waals surface area contributed by atoms with Crippen LogP contribution < -0.4 is 0 Å². The van der Waals surface area contributed by atoms with Gasteiger partial charge in [-0.2, -0.15) is 0 Å². The third kappa shape index (κ3) is 2.97. The van der Waals surface area contributed by atoms with Crippen molar-refractivity contribution in [1.82, 2.24) is 19.8 Å². The van der Waals surface area contributed by atoms with Gasteiger partial charge in [0.1, 0.15) is 0 Å². The molecule has 0 N–H and O–H groups in total. The van der Waals surface area contributed by atoms with Crippen molar-refractivity contribution in [3.63, 3.8) is 0 Å². The molecule has 140 valence electrons. The Balaban J connectivity index is 1.75. The fourth-order valence-corrected chi connectivity index (χ4v) is 4.19. The number of aromatic nitrogens is 2. The number of ether oxygens (including phenoxy) is 1. The predicted molar refractivity (Wildman–Crippen MR) is 98.3 cm³/mol. The van der Waals surface area contributed by atoms with Crippen molar-refractivity contribution in [2.75, 3.05) is 20.3 Å². The van der Waals surface area contributed by atoms with Crippen LogP contribution in [0.2, 0.25) is 0 Å². The van der Waals surface area contributed by atoms with Gasteiger partial charge in [-0.1, -0.05) is 24.3 Å². The molecule has 2 aliphatic rings. The second-order valence-corrected chi connectivity index (χ2v) is 6.90. The van der Waals surface area contributed by atoms with E-state index in [2.05, 4.69) is 19.8 Å². The highest BCUT2D eigenvalue weighted by Gasteiger charge is 2.54. The molecule has 1 fully saturated rings. The van der Waals surface area contributed by atoms with Crippen LogP contribution in [-0.4, -0.2) is 69.8 Å². The standard InChI is InChI=1S/C20H22N4O3/c1-13-23(9-10-27-2)17-18(24(13)12-14-11-21-7-8-22-14)20(26)16-6-4-3-5-15(16)19(17)25/h3-8,11,13,17-18H,9-10,12H2,1-2H3. The molecule has 3 unspecified atom stereocenters. The van der Waals surface area contributed by atoms with Crippen LogP contribution in [0.25, 0.3) is 0 Å². The van der Waals surface area contributed by atoms with Gasteiger partial charge in [-0.05, 0) is 6.92 Å². The lowest BCUT2D eigenvalue weighted by molar-refractivity contribution is 0.0699. The topological polar surface area (TPSA) is 75.6 Å². The summed E-state index contributed by atoms with van der Waals surface area (Å²) in [5.74, 6) is -0.00865. The number of ketones is 2. The zero-order valence-electron chi connectivity index (χ0n) is 15.4. The number of fused-ring (bicyclic) bond motifs is 2. The van der Waals surface area contributed by atoms with Crippen molar-refractivity contribution in [2.45, 2.75) is 31.7 Å². The van der Waals surface area contributed by atoms with Crippen LogP contribution in [0, 0.1) is 0 Å². The Bertz CT molecular complexity index is 857. The third-order valence-electron chi connectivity index (χ3n) is 5.48. The second-order valence-electron chi connectivity index (χ2n) is 6.90. The molecule has 7 heteroatoms. The van der Waals surface area contributed by atoms with Crippen LogP contribution in [0.3, 0.4) is 0 Å². The Hall–Kier alpha value is -2.48. The molecule has 4 rings (SSSR count). The van der Waals surface area contributed by atoms with E-state index in [1.54, 1.807) is 50.0 Å². The van der Waals surface area contributed by atoms with Crippen molar-refractivity contribution in [1.29, 1.82) is 0 Å². The Morgan fingerprint density at radius 1 is 1.04 bits per heavy atom. The minimum atomic E-state index is -0.527. The first kappa shape index (κ1) is 17.9. The van der Waals surface area contributed by atoms with E-state index in [-0.39, 0.29) is 17.7 Å². The smallest absolute Gasteiger partial charge is 0.182 e. The Morgan fingerprint density at radius 3 is 2.30 bits per heavy atom. The van der Waals surface area contributed by atoms with Gasteiger partial charge >= 0.3 is 0 Å². The van der Waals surface area contributed by atoms with Crippen LogP contribution >= 0.6 is 0 Å². The SMILES string of the molecule is COCCN1C2C(=O)c3ccccc3C(=O)C2N(Cc2cnccn2)C1C. The summed E-state index contributed by atoms with van der Waals surface area (Å²) in [4.78, 5) is 39.2. The van der Waals surface area contributed by atoms with Crippen molar-refractivity contribution in [3.8, 4) is 0 Å². The zero-order chi connectivity index (χ0) is 19.0. The molecule has 7 nitrogen and oxygen atoms in total. The van der Waals surface area contributed by atoms with Crippen LogP contribution in [0.4, 0.5) is 0 Å². The number of methoxy groups -OCH3 is 1. The van der Waals surface area contributed by atoms with E-state index in [0.717, 1.165) is 5.69 Å². The van der Waals surface area contributed by atoms with Crippen molar-refractivity contribution in [3.05, 3.63) is 59.7 Å². The van der Waals surface area contributed by atoms with Crippen molar-refractivity contribution in [2.24, 2.45) is 0 Å². The third-order valence-corrected chi connectivity index (χ3v) is 5.48. The molecule has 1 aromatic heterocycles. The lowest BCUT2D eigenvalue weighted by atomic mass is 9.82. The fourth-order valence-electron chi connectivity index (χ4n) is 4.19. The maximum absolute atomic E-state index is 13.3. The molecule has 1 aromatic carbocycles. The van der Waals surface area contributed by atoms with Crippen molar-refractivity contribution >= 4 is 11.6 Å². The molecule has 0 radical (unpaired) electrons. The monoisotopic (exact) mass is 366 g/mol. The molecule has 0 bridgehead atoms. The first-order valence-electron chi connectivity index (χ1n) is 9.06. The van der Waals surface area contributed by atoms with Gasteiger partial charge in [0.05, 0.1) is 30.6 Å². The number of hydrogen-bond acceptors (Lipinski definition) is 7. The second kappa shape index (κ2) is 7.26. The number of carbonyl (C=O) groups excluding carboxylic acids is 2. The molecule has 1 saturated heterocycles. The summed E-state index contributed by atoms with van der Waals surface area (Å²) in [6.45, 7) is 3.56. The van der Waals surface area contributed by atoms with Gasteiger partial charge < -0.3 is 4.74 Å². The Kier molecular flexibility index (Phi) is 4.82. The van der Waals surface area contributed by atoms with E-state index in [1.165, 1.54) is 0 Å². The van der Waals surface area contributed by atoms with Crippen LogP contribution in [0.15, 0.2) is 42.9 Å². The largest absolute Gasteiger partial charge is 0.383 e. The average molecular weight is 366 g/mol. The predicted octanol–water partition coefficient (Wildman–Crippen LogP) is 1.40. The van der Waals surface area contributed by atoms with Crippen LogP contribution in [-0.2, 0) is 11.3 Å². The highest BCUT2D eigenvalue weighted by Crippen LogP contribution is 2.36. The van der Waals surface area contributed by atoms with E-state index in [9.17, 15) is 9.59 Å². The van der Waals surface area contributed by atoms with E-state index in [1.807, 2.05) is 6.92 Å². The molecule has 2 aromatic rings. The fraction of sp³-hybridized carbons (Fsp3) is 0.400. The van der Waals surface area contributed by atoms with Crippen LogP contribution in [0.5, 0.6) is 0 Å².